The fourth-order valence-electron chi connectivity index (χ4n) is 2.34. The maximum atomic E-state index is 6.15. The summed E-state index contributed by atoms with van der Waals surface area (Å²) in [6.45, 7) is 6.74. The first-order chi connectivity index (χ1) is 7.59. The van der Waals surface area contributed by atoms with Gasteiger partial charge < -0.3 is 11.1 Å². The first-order valence-corrected chi connectivity index (χ1v) is 6.20. The highest BCUT2D eigenvalue weighted by Crippen LogP contribution is 2.37. The smallest absolute Gasteiger partial charge is 0.0344 e. The van der Waals surface area contributed by atoms with Gasteiger partial charge in [0.05, 0.1) is 0 Å². The Labute approximate surface area is 98.2 Å². The highest BCUT2D eigenvalue weighted by molar-refractivity contribution is 5.37. The Morgan fingerprint density at radius 2 is 1.81 bits per heavy atom. The van der Waals surface area contributed by atoms with Crippen LogP contribution in [0.4, 0.5) is 0 Å². The minimum Gasteiger partial charge on any atom is -0.324 e. The third kappa shape index (κ3) is 2.13. The number of fused-ring (bicyclic) bond motifs is 1. The predicted molar refractivity (Wildman–Crippen MR) is 68.2 cm³/mol. The zero-order chi connectivity index (χ0) is 11.7. The van der Waals surface area contributed by atoms with E-state index < -0.39 is 0 Å². The Hall–Kier alpha value is -0.860. The monoisotopic (exact) mass is 218 g/mol. The lowest BCUT2D eigenvalue weighted by Gasteiger charge is -2.23. The van der Waals surface area contributed by atoms with E-state index in [1.165, 1.54) is 11.1 Å². The van der Waals surface area contributed by atoms with E-state index in [4.69, 9.17) is 5.73 Å². The van der Waals surface area contributed by atoms with Crippen molar-refractivity contribution in [1.29, 1.82) is 0 Å². The van der Waals surface area contributed by atoms with Crippen LogP contribution in [0.25, 0.3) is 0 Å². The summed E-state index contributed by atoms with van der Waals surface area (Å²) in [6.07, 6.45) is 1.02. The van der Waals surface area contributed by atoms with E-state index in [9.17, 15) is 0 Å². The van der Waals surface area contributed by atoms with Gasteiger partial charge in [-0.3, -0.25) is 0 Å². The minimum atomic E-state index is 0.202. The van der Waals surface area contributed by atoms with E-state index >= 15 is 0 Å². The molecule has 2 rings (SSSR count). The highest BCUT2D eigenvalue weighted by atomic mass is 15.0. The van der Waals surface area contributed by atoms with Crippen LogP contribution >= 0.6 is 0 Å². The zero-order valence-electron chi connectivity index (χ0n) is 10.4. The standard InChI is InChI=1S/C14H22N2/c1-9(2)10(3)16-14-8-13(15)11-6-4-5-7-12(11)14/h4-7,9-10,13-14,16H,8,15H2,1-3H3. The van der Waals surface area contributed by atoms with Gasteiger partial charge in [0, 0.05) is 18.1 Å². The number of nitrogens with two attached hydrogens (primary N) is 1. The van der Waals surface area contributed by atoms with Gasteiger partial charge in [-0.2, -0.15) is 0 Å². The largest absolute Gasteiger partial charge is 0.324 e. The lowest BCUT2D eigenvalue weighted by Crippen LogP contribution is -2.33. The summed E-state index contributed by atoms with van der Waals surface area (Å²) in [7, 11) is 0. The van der Waals surface area contributed by atoms with Crippen molar-refractivity contribution in [2.75, 3.05) is 0 Å². The van der Waals surface area contributed by atoms with Crippen LogP contribution in [0.1, 0.15) is 50.4 Å². The van der Waals surface area contributed by atoms with Gasteiger partial charge in [0.1, 0.15) is 0 Å². The van der Waals surface area contributed by atoms with E-state index in [-0.39, 0.29) is 6.04 Å². The van der Waals surface area contributed by atoms with Crippen LogP contribution in [0.5, 0.6) is 0 Å². The fraction of sp³-hybridized carbons (Fsp3) is 0.571. The number of rotatable bonds is 3. The lowest BCUT2D eigenvalue weighted by molar-refractivity contribution is 0.367. The van der Waals surface area contributed by atoms with E-state index in [1.54, 1.807) is 0 Å². The topological polar surface area (TPSA) is 38.0 Å². The van der Waals surface area contributed by atoms with Crippen molar-refractivity contribution < 1.29 is 0 Å². The molecule has 3 N–H and O–H groups in total. The molecule has 2 heteroatoms. The van der Waals surface area contributed by atoms with Gasteiger partial charge in [0.15, 0.2) is 0 Å². The number of benzene rings is 1. The van der Waals surface area contributed by atoms with Gasteiger partial charge in [-0.25, -0.2) is 0 Å². The summed E-state index contributed by atoms with van der Waals surface area (Å²) in [5.74, 6) is 0.656. The van der Waals surface area contributed by atoms with Crippen molar-refractivity contribution in [1.82, 2.24) is 5.32 Å². The van der Waals surface area contributed by atoms with Crippen molar-refractivity contribution in [3.05, 3.63) is 35.4 Å². The molecule has 1 aliphatic carbocycles. The SMILES string of the molecule is CC(C)C(C)NC1CC(N)c2ccccc21. The molecule has 0 saturated heterocycles. The molecule has 3 atom stereocenters. The van der Waals surface area contributed by atoms with Gasteiger partial charge >= 0.3 is 0 Å². The molecule has 0 spiro atoms. The third-order valence-electron chi connectivity index (χ3n) is 3.72. The summed E-state index contributed by atoms with van der Waals surface area (Å²) in [5.41, 5.74) is 8.86. The molecular formula is C14H22N2. The summed E-state index contributed by atoms with van der Waals surface area (Å²) < 4.78 is 0. The Morgan fingerprint density at radius 1 is 1.19 bits per heavy atom. The average molecular weight is 218 g/mol. The summed E-state index contributed by atoms with van der Waals surface area (Å²) in [5, 5.41) is 3.68. The Kier molecular flexibility index (Phi) is 3.31. The molecule has 0 amide bonds. The highest BCUT2D eigenvalue weighted by Gasteiger charge is 2.29. The molecule has 0 bridgehead atoms. The maximum Gasteiger partial charge on any atom is 0.0344 e. The normalized spacial score (nSPS) is 25.8. The summed E-state index contributed by atoms with van der Waals surface area (Å²) in [4.78, 5) is 0. The second-order valence-corrected chi connectivity index (χ2v) is 5.22. The van der Waals surface area contributed by atoms with E-state index in [2.05, 4.69) is 50.4 Å². The quantitative estimate of drug-likeness (QED) is 0.818. The predicted octanol–water partition coefficient (Wildman–Crippen LogP) is 2.77. The first kappa shape index (κ1) is 11.6. The third-order valence-corrected chi connectivity index (χ3v) is 3.72. The molecule has 0 aromatic heterocycles. The Bertz CT molecular complexity index is 360. The molecule has 88 valence electrons. The van der Waals surface area contributed by atoms with Crippen molar-refractivity contribution >= 4 is 0 Å². The molecule has 16 heavy (non-hydrogen) atoms. The van der Waals surface area contributed by atoms with E-state index in [0.29, 0.717) is 18.0 Å². The number of nitrogens with one attached hydrogen (secondary N) is 1. The average Bonchev–Trinajstić information content (AvgIpc) is 2.57. The minimum absolute atomic E-state index is 0.202. The lowest BCUT2D eigenvalue weighted by atomic mass is 10.0. The van der Waals surface area contributed by atoms with Crippen LogP contribution in [0.15, 0.2) is 24.3 Å². The second-order valence-electron chi connectivity index (χ2n) is 5.22. The molecule has 0 saturated carbocycles. The van der Waals surface area contributed by atoms with Gasteiger partial charge in [-0.1, -0.05) is 38.1 Å². The van der Waals surface area contributed by atoms with Crippen molar-refractivity contribution in [3.63, 3.8) is 0 Å². The van der Waals surface area contributed by atoms with Crippen LogP contribution < -0.4 is 11.1 Å². The van der Waals surface area contributed by atoms with Crippen molar-refractivity contribution in [2.45, 2.75) is 45.3 Å². The molecule has 1 aromatic rings. The molecule has 0 fully saturated rings. The van der Waals surface area contributed by atoms with Gasteiger partial charge in [0.2, 0.25) is 0 Å². The second kappa shape index (κ2) is 4.56. The molecule has 0 heterocycles. The Balaban J connectivity index is 2.15. The molecule has 1 aliphatic rings. The van der Waals surface area contributed by atoms with Crippen molar-refractivity contribution in [3.8, 4) is 0 Å². The zero-order valence-corrected chi connectivity index (χ0v) is 10.4. The van der Waals surface area contributed by atoms with Gasteiger partial charge in [-0.15, -0.1) is 0 Å². The molecule has 0 radical (unpaired) electrons. The fourth-order valence-corrected chi connectivity index (χ4v) is 2.34. The van der Waals surface area contributed by atoms with Crippen LogP contribution in [0.2, 0.25) is 0 Å². The van der Waals surface area contributed by atoms with Crippen LogP contribution in [0, 0.1) is 5.92 Å². The van der Waals surface area contributed by atoms with Crippen molar-refractivity contribution in [2.24, 2.45) is 11.7 Å². The molecule has 1 aromatic carbocycles. The summed E-state index contributed by atoms with van der Waals surface area (Å²) in [6, 6.07) is 9.70. The molecule has 3 unspecified atom stereocenters. The maximum absolute atomic E-state index is 6.15. The van der Waals surface area contributed by atoms with Crippen LogP contribution in [-0.2, 0) is 0 Å². The first-order valence-electron chi connectivity index (χ1n) is 6.20. The van der Waals surface area contributed by atoms with Gasteiger partial charge in [0.25, 0.3) is 0 Å². The molecular weight excluding hydrogens is 196 g/mol. The molecule has 0 aliphatic heterocycles. The van der Waals surface area contributed by atoms with Crippen LogP contribution in [-0.4, -0.2) is 6.04 Å². The van der Waals surface area contributed by atoms with E-state index in [0.717, 1.165) is 6.42 Å². The molecule has 2 nitrogen and oxygen atoms in total. The van der Waals surface area contributed by atoms with E-state index in [1.807, 2.05) is 0 Å². The Morgan fingerprint density at radius 3 is 2.44 bits per heavy atom. The number of hydrogen-bond donors (Lipinski definition) is 2. The number of hydrogen-bond acceptors (Lipinski definition) is 2. The van der Waals surface area contributed by atoms with Gasteiger partial charge in [-0.05, 0) is 30.4 Å². The summed E-state index contributed by atoms with van der Waals surface area (Å²) >= 11 is 0. The van der Waals surface area contributed by atoms with Crippen LogP contribution in [0.3, 0.4) is 0 Å².